The summed E-state index contributed by atoms with van der Waals surface area (Å²) in [4.78, 5) is 22.2. The summed E-state index contributed by atoms with van der Waals surface area (Å²) in [5, 5.41) is 28.5. The molecule has 1 amide bonds. The summed E-state index contributed by atoms with van der Waals surface area (Å²) >= 11 is 0. The standard InChI is InChI=1S/C44H54N7O8P/c1-29(2)51(30(3)4)60(57-23-11-22-45)58-26-31(5)43(53)48-41-37-25-50(49-42(37)47-28-46-41)40-24-38(52)39(59-40)27-56-44(32-12-9-8-10-13-32,33-14-18-35(54-6)19-15-33)34-16-20-36(55-7)21-17-34/h8-10,12-21,25,28-31,38-40,52H,11,23-24,26-27H2,1-7H3,(H,46,47,48,49,53)/t31?,38-,39+,40-,60?/m0/s1. The van der Waals surface area contributed by atoms with Gasteiger partial charge >= 0.3 is 0 Å². The zero-order chi connectivity index (χ0) is 42.8. The molecule has 6 rings (SSSR count). The number of aromatic nitrogens is 4. The van der Waals surface area contributed by atoms with Crippen LogP contribution in [0.25, 0.3) is 11.0 Å². The third kappa shape index (κ3) is 10.1. The number of fused-ring (bicyclic) bond motifs is 1. The number of carbonyl (C=O) groups is 1. The van der Waals surface area contributed by atoms with Crippen LogP contribution in [0.4, 0.5) is 5.82 Å². The van der Waals surface area contributed by atoms with Crippen LogP contribution in [-0.2, 0) is 28.9 Å². The molecular weight excluding hydrogens is 785 g/mol. The van der Waals surface area contributed by atoms with Gasteiger partial charge in [-0.2, -0.15) is 5.26 Å². The molecule has 2 aromatic heterocycles. The Kier molecular flexibility index (Phi) is 15.2. The second kappa shape index (κ2) is 20.5. The Morgan fingerprint density at radius 1 is 0.950 bits per heavy atom. The van der Waals surface area contributed by atoms with E-state index in [4.69, 9.17) is 33.3 Å². The summed E-state index contributed by atoms with van der Waals surface area (Å²) < 4.78 is 40.3. The minimum atomic E-state index is -1.51. The fourth-order valence-electron chi connectivity index (χ4n) is 7.22. The maximum Gasteiger partial charge on any atom is 0.259 e. The highest BCUT2D eigenvalue weighted by atomic mass is 31.2. The quantitative estimate of drug-likeness (QED) is 0.0452. The summed E-state index contributed by atoms with van der Waals surface area (Å²) in [7, 11) is 1.74. The molecule has 1 fully saturated rings. The van der Waals surface area contributed by atoms with Crippen molar-refractivity contribution < 1.29 is 37.9 Å². The highest BCUT2D eigenvalue weighted by molar-refractivity contribution is 7.44. The van der Waals surface area contributed by atoms with Crippen LogP contribution in [0, 0.1) is 17.2 Å². The molecule has 15 nitrogen and oxygen atoms in total. The molecule has 16 heteroatoms. The topological polar surface area (TPSA) is 175 Å². The lowest BCUT2D eigenvalue weighted by atomic mass is 9.80. The number of rotatable bonds is 20. The normalized spacial score (nSPS) is 17.9. The van der Waals surface area contributed by atoms with Crippen molar-refractivity contribution >= 4 is 31.3 Å². The lowest BCUT2D eigenvalue weighted by molar-refractivity contribution is -0.120. The van der Waals surface area contributed by atoms with E-state index in [-0.39, 0.29) is 56.5 Å². The molecule has 1 aliphatic heterocycles. The van der Waals surface area contributed by atoms with E-state index in [1.807, 2.05) is 78.9 Å². The molecule has 0 radical (unpaired) electrons. The van der Waals surface area contributed by atoms with Gasteiger partial charge in [-0.15, -0.1) is 5.10 Å². The molecule has 5 aromatic rings. The predicted molar refractivity (Wildman–Crippen MR) is 227 cm³/mol. The first kappa shape index (κ1) is 44.5. The van der Waals surface area contributed by atoms with Crippen molar-refractivity contribution in [2.45, 2.75) is 83.6 Å². The zero-order valence-electron chi connectivity index (χ0n) is 35.1. The van der Waals surface area contributed by atoms with Crippen molar-refractivity contribution in [1.29, 1.82) is 5.26 Å². The summed E-state index contributed by atoms with van der Waals surface area (Å²) in [5.74, 6) is 0.823. The van der Waals surface area contributed by atoms with Gasteiger partial charge in [0.2, 0.25) is 5.91 Å². The number of hydrogen-bond acceptors (Lipinski definition) is 13. The zero-order valence-corrected chi connectivity index (χ0v) is 36.0. The lowest BCUT2D eigenvalue weighted by Crippen LogP contribution is -2.38. The van der Waals surface area contributed by atoms with Gasteiger partial charge in [-0.3, -0.25) is 4.79 Å². The first-order chi connectivity index (χ1) is 29.0. The van der Waals surface area contributed by atoms with Crippen molar-refractivity contribution in [3.63, 3.8) is 0 Å². The third-order valence-electron chi connectivity index (χ3n) is 10.3. The Balaban J connectivity index is 1.18. The van der Waals surface area contributed by atoms with Crippen molar-refractivity contribution in [2.75, 3.05) is 39.4 Å². The number of nitrogens with zero attached hydrogens (tertiary/aromatic N) is 6. The SMILES string of the molecule is COc1ccc(C(OC[C@H]2O[C@H](n3cc4c(NC(=O)C(C)COP(OCCC#N)N(C(C)C)C(C)C)ncnc4n3)C[C@@H]2O)(c2ccccc2)c2ccc(OC)cc2)cc1. The van der Waals surface area contributed by atoms with Gasteiger partial charge in [-0.1, -0.05) is 61.5 Å². The molecule has 2 unspecified atom stereocenters. The largest absolute Gasteiger partial charge is 0.497 e. The maximum absolute atomic E-state index is 13.5. The molecule has 60 heavy (non-hydrogen) atoms. The molecule has 5 atom stereocenters. The van der Waals surface area contributed by atoms with E-state index < -0.39 is 38.5 Å². The summed E-state index contributed by atoms with van der Waals surface area (Å²) in [6.45, 7) is 10.3. The molecule has 0 saturated carbocycles. The number of aliphatic hydroxyl groups is 1. The van der Waals surface area contributed by atoms with E-state index in [0.717, 1.165) is 16.7 Å². The smallest absolute Gasteiger partial charge is 0.259 e. The Hall–Kier alpha value is -5.04. The number of carbonyl (C=O) groups excluding carboxylic acids is 1. The van der Waals surface area contributed by atoms with Gasteiger partial charge in [-0.25, -0.2) is 19.3 Å². The number of hydrogen-bond donors (Lipinski definition) is 2. The van der Waals surface area contributed by atoms with Crippen LogP contribution >= 0.6 is 8.53 Å². The van der Waals surface area contributed by atoms with Crippen molar-refractivity contribution in [2.24, 2.45) is 5.92 Å². The van der Waals surface area contributed by atoms with Crippen LogP contribution in [0.3, 0.4) is 0 Å². The number of ether oxygens (including phenoxy) is 4. The van der Waals surface area contributed by atoms with Crippen LogP contribution in [-0.4, -0.2) is 93.8 Å². The van der Waals surface area contributed by atoms with Gasteiger partial charge < -0.3 is 38.4 Å². The first-order valence-corrected chi connectivity index (χ1v) is 21.2. The average Bonchev–Trinajstić information content (AvgIpc) is 3.87. The van der Waals surface area contributed by atoms with Crippen LogP contribution in [0.2, 0.25) is 0 Å². The number of aliphatic hydroxyl groups excluding tert-OH is 1. The summed E-state index contributed by atoms with van der Waals surface area (Å²) in [6, 6.07) is 27.8. The lowest BCUT2D eigenvalue weighted by Gasteiger charge is -2.37. The fraction of sp³-hybridized carbons (Fsp3) is 0.432. The molecule has 3 heterocycles. The predicted octanol–water partition coefficient (Wildman–Crippen LogP) is 7.37. The minimum absolute atomic E-state index is 0.0319. The number of nitrogens with one attached hydrogen (secondary N) is 1. The van der Waals surface area contributed by atoms with E-state index >= 15 is 0 Å². The molecule has 318 valence electrons. The Morgan fingerprint density at radius 3 is 2.15 bits per heavy atom. The molecule has 1 aliphatic rings. The van der Waals surface area contributed by atoms with E-state index in [2.05, 4.69) is 58.8 Å². The van der Waals surface area contributed by atoms with Gasteiger partial charge in [0.25, 0.3) is 8.53 Å². The van der Waals surface area contributed by atoms with Gasteiger partial charge in [0.1, 0.15) is 35.3 Å². The number of anilines is 1. The van der Waals surface area contributed by atoms with E-state index in [0.29, 0.717) is 22.5 Å². The van der Waals surface area contributed by atoms with E-state index in [1.165, 1.54) is 6.33 Å². The Labute approximate surface area is 352 Å². The summed E-state index contributed by atoms with van der Waals surface area (Å²) in [5.41, 5.74) is 1.85. The van der Waals surface area contributed by atoms with E-state index in [9.17, 15) is 9.90 Å². The van der Waals surface area contributed by atoms with Gasteiger partial charge in [0.05, 0.1) is 63.9 Å². The molecule has 1 saturated heterocycles. The molecule has 3 aromatic carbocycles. The first-order valence-electron chi connectivity index (χ1n) is 20.0. The minimum Gasteiger partial charge on any atom is -0.497 e. The molecule has 0 bridgehead atoms. The highest BCUT2D eigenvalue weighted by Crippen LogP contribution is 2.47. The second-order valence-electron chi connectivity index (χ2n) is 15.0. The molecular formula is C44H54N7O8P. The molecule has 2 N–H and O–H groups in total. The van der Waals surface area contributed by atoms with Gasteiger partial charge in [0.15, 0.2) is 11.9 Å². The number of methoxy groups -OCH3 is 2. The van der Waals surface area contributed by atoms with Gasteiger partial charge in [-0.05, 0) is 68.7 Å². The van der Waals surface area contributed by atoms with Crippen LogP contribution < -0.4 is 14.8 Å². The number of amides is 1. The monoisotopic (exact) mass is 839 g/mol. The molecule has 0 spiro atoms. The Morgan fingerprint density at radius 2 is 1.57 bits per heavy atom. The van der Waals surface area contributed by atoms with Crippen LogP contribution in [0.5, 0.6) is 11.5 Å². The van der Waals surface area contributed by atoms with E-state index in [1.54, 1.807) is 32.0 Å². The van der Waals surface area contributed by atoms with Crippen molar-refractivity contribution in [3.8, 4) is 17.6 Å². The highest BCUT2D eigenvalue weighted by Gasteiger charge is 2.42. The Bertz CT molecular complexity index is 2130. The molecule has 0 aliphatic carbocycles. The average molecular weight is 840 g/mol. The maximum atomic E-state index is 13.5. The number of benzene rings is 3. The summed E-state index contributed by atoms with van der Waals surface area (Å²) in [6.07, 6.45) is 1.26. The third-order valence-corrected chi connectivity index (χ3v) is 12.3. The van der Waals surface area contributed by atoms with Crippen LogP contribution in [0.1, 0.15) is 70.4 Å². The van der Waals surface area contributed by atoms with Crippen LogP contribution in [0.15, 0.2) is 91.4 Å². The van der Waals surface area contributed by atoms with Crippen molar-refractivity contribution in [3.05, 3.63) is 108 Å². The van der Waals surface area contributed by atoms with Gasteiger partial charge in [0, 0.05) is 24.7 Å². The number of nitriles is 1. The second-order valence-corrected chi connectivity index (χ2v) is 16.5. The fourth-order valence-corrected chi connectivity index (χ4v) is 8.91. The van der Waals surface area contributed by atoms with Crippen molar-refractivity contribution in [1.82, 2.24) is 24.4 Å².